The quantitative estimate of drug-likeness (QED) is 0.710. The molecule has 2 aliphatic heterocycles. The molecule has 2 saturated heterocycles. The molecular weight excluding hydrogens is 376 g/mol. The number of nitrogens with one attached hydrogen (secondary N) is 1. The summed E-state index contributed by atoms with van der Waals surface area (Å²) in [4.78, 5) is 31.6. The van der Waals surface area contributed by atoms with Crippen LogP contribution in [0.2, 0.25) is 0 Å². The fraction of sp³-hybridized carbons (Fsp3) is 0.667. The molecule has 0 bridgehead atoms. The number of carbonyl (C=O) groups excluding carboxylic acids is 2. The van der Waals surface area contributed by atoms with Gasteiger partial charge < -0.3 is 10.2 Å². The van der Waals surface area contributed by atoms with E-state index in [4.69, 9.17) is 0 Å². The van der Waals surface area contributed by atoms with Crippen LogP contribution in [-0.4, -0.2) is 78.9 Å². The predicted octanol–water partition coefficient (Wildman–Crippen LogP) is 2.52. The summed E-state index contributed by atoms with van der Waals surface area (Å²) < 4.78 is 0. The molecule has 0 aliphatic carbocycles. The van der Waals surface area contributed by atoms with Crippen LogP contribution in [0.1, 0.15) is 51.1 Å². The Balaban J connectivity index is 1.42. The molecule has 6 heteroatoms. The van der Waals surface area contributed by atoms with Gasteiger partial charge in [0.15, 0.2) is 0 Å². The van der Waals surface area contributed by atoms with Gasteiger partial charge in [-0.25, -0.2) is 0 Å². The molecule has 6 nitrogen and oxygen atoms in total. The Morgan fingerprint density at radius 3 is 2.07 bits per heavy atom. The van der Waals surface area contributed by atoms with Crippen LogP contribution in [0.15, 0.2) is 30.3 Å². The number of piperazine rings is 1. The van der Waals surface area contributed by atoms with Gasteiger partial charge >= 0.3 is 0 Å². The van der Waals surface area contributed by atoms with Crippen molar-refractivity contribution in [2.75, 3.05) is 52.4 Å². The van der Waals surface area contributed by atoms with E-state index < -0.39 is 0 Å². The maximum absolute atomic E-state index is 12.7. The minimum atomic E-state index is 0.0575. The second-order valence-electron chi connectivity index (χ2n) is 9.15. The molecule has 1 aromatic carbocycles. The zero-order valence-corrected chi connectivity index (χ0v) is 18.7. The minimum absolute atomic E-state index is 0.0575. The highest BCUT2D eigenvalue weighted by molar-refractivity contribution is 5.79. The summed E-state index contributed by atoms with van der Waals surface area (Å²) in [6.07, 6.45) is 4.44. The van der Waals surface area contributed by atoms with Crippen LogP contribution in [0.5, 0.6) is 0 Å². The fourth-order valence-corrected chi connectivity index (χ4v) is 4.42. The van der Waals surface area contributed by atoms with Crippen LogP contribution >= 0.6 is 0 Å². The van der Waals surface area contributed by atoms with Crippen molar-refractivity contribution in [2.45, 2.75) is 45.6 Å². The molecule has 2 amide bonds. The number of nitrogens with zero attached hydrogens (tertiary/aromatic N) is 3. The lowest BCUT2D eigenvalue weighted by molar-refractivity contribution is -0.134. The van der Waals surface area contributed by atoms with Crippen molar-refractivity contribution in [3.63, 3.8) is 0 Å². The minimum Gasteiger partial charge on any atom is -0.348 e. The van der Waals surface area contributed by atoms with E-state index in [1.807, 2.05) is 23.1 Å². The molecule has 0 radical (unpaired) electrons. The number of hydrogen-bond acceptors (Lipinski definition) is 4. The Kier molecular flexibility index (Phi) is 8.70. The van der Waals surface area contributed by atoms with E-state index in [9.17, 15) is 9.59 Å². The summed E-state index contributed by atoms with van der Waals surface area (Å²) in [6, 6.07) is 10.3. The van der Waals surface area contributed by atoms with Gasteiger partial charge in [0.25, 0.3) is 0 Å². The Labute approximate surface area is 181 Å². The Bertz CT molecular complexity index is 665. The van der Waals surface area contributed by atoms with E-state index >= 15 is 0 Å². The SMILES string of the molecule is CC(C)CC(NC(=O)CN1CCN(CC(=O)N2CCCCC2)CC1)c1ccccc1. The Hall–Kier alpha value is -1.92. The van der Waals surface area contributed by atoms with Gasteiger partial charge in [0.05, 0.1) is 19.1 Å². The average molecular weight is 415 g/mol. The molecule has 3 rings (SSSR count). The predicted molar refractivity (Wildman–Crippen MR) is 120 cm³/mol. The van der Waals surface area contributed by atoms with E-state index in [1.54, 1.807) is 0 Å². The molecule has 30 heavy (non-hydrogen) atoms. The van der Waals surface area contributed by atoms with Crippen LogP contribution in [-0.2, 0) is 9.59 Å². The van der Waals surface area contributed by atoms with Gasteiger partial charge in [-0.15, -0.1) is 0 Å². The summed E-state index contributed by atoms with van der Waals surface area (Å²) in [5.74, 6) is 0.860. The molecule has 2 heterocycles. The van der Waals surface area contributed by atoms with Crippen LogP contribution in [0.3, 0.4) is 0 Å². The van der Waals surface area contributed by atoms with Gasteiger partial charge in [-0.1, -0.05) is 44.2 Å². The highest BCUT2D eigenvalue weighted by Gasteiger charge is 2.24. The van der Waals surface area contributed by atoms with E-state index in [-0.39, 0.29) is 17.9 Å². The van der Waals surface area contributed by atoms with E-state index in [2.05, 4.69) is 41.1 Å². The molecule has 0 saturated carbocycles. The highest BCUT2D eigenvalue weighted by atomic mass is 16.2. The zero-order valence-electron chi connectivity index (χ0n) is 18.7. The van der Waals surface area contributed by atoms with Crippen molar-refractivity contribution in [2.24, 2.45) is 5.92 Å². The van der Waals surface area contributed by atoms with Gasteiger partial charge in [-0.3, -0.25) is 19.4 Å². The zero-order chi connectivity index (χ0) is 21.3. The maximum Gasteiger partial charge on any atom is 0.236 e. The number of amides is 2. The van der Waals surface area contributed by atoms with Gasteiger partial charge in [0.2, 0.25) is 11.8 Å². The normalized spacial score (nSPS) is 19.6. The van der Waals surface area contributed by atoms with Gasteiger partial charge in [-0.05, 0) is 37.2 Å². The molecule has 2 aliphatic rings. The smallest absolute Gasteiger partial charge is 0.236 e. The maximum atomic E-state index is 12.7. The molecule has 0 spiro atoms. The third-order valence-electron chi connectivity index (χ3n) is 6.14. The number of rotatable bonds is 8. The first-order valence-corrected chi connectivity index (χ1v) is 11.6. The first kappa shape index (κ1) is 22.8. The van der Waals surface area contributed by atoms with E-state index in [0.29, 0.717) is 19.0 Å². The average Bonchev–Trinajstić information content (AvgIpc) is 2.75. The molecule has 1 atom stereocenters. The third kappa shape index (κ3) is 7.10. The summed E-state index contributed by atoms with van der Waals surface area (Å²) in [5, 5.41) is 3.24. The third-order valence-corrected chi connectivity index (χ3v) is 6.14. The summed E-state index contributed by atoms with van der Waals surface area (Å²) in [6.45, 7) is 10.5. The first-order valence-electron chi connectivity index (χ1n) is 11.6. The number of likely N-dealkylation sites (tertiary alicyclic amines) is 1. The van der Waals surface area contributed by atoms with Gasteiger partial charge in [0.1, 0.15) is 0 Å². The topological polar surface area (TPSA) is 55.9 Å². The van der Waals surface area contributed by atoms with Crippen molar-refractivity contribution in [3.05, 3.63) is 35.9 Å². The van der Waals surface area contributed by atoms with Gasteiger partial charge in [-0.2, -0.15) is 0 Å². The molecule has 1 unspecified atom stereocenters. The van der Waals surface area contributed by atoms with Crippen LogP contribution in [0.4, 0.5) is 0 Å². The fourth-order valence-electron chi connectivity index (χ4n) is 4.42. The molecule has 1 N–H and O–H groups in total. The largest absolute Gasteiger partial charge is 0.348 e. The van der Waals surface area contributed by atoms with Crippen LogP contribution in [0.25, 0.3) is 0 Å². The Morgan fingerprint density at radius 1 is 0.867 bits per heavy atom. The van der Waals surface area contributed by atoms with E-state index in [1.165, 1.54) is 12.0 Å². The number of piperidine rings is 1. The summed E-state index contributed by atoms with van der Waals surface area (Å²) in [5.41, 5.74) is 1.17. The van der Waals surface area contributed by atoms with Gasteiger partial charge in [0, 0.05) is 39.3 Å². The molecule has 0 aromatic heterocycles. The summed E-state index contributed by atoms with van der Waals surface area (Å²) >= 11 is 0. The molecular formula is C24H38N4O2. The number of benzene rings is 1. The van der Waals surface area contributed by atoms with Crippen molar-refractivity contribution in [3.8, 4) is 0 Å². The lowest BCUT2D eigenvalue weighted by atomic mass is 9.97. The van der Waals surface area contributed by atoms with Crippen LogP contribution < -0.4 is 5.32 Å². The standard InChI is InChI=1S/C24H38N4O2/c1-20(2)17-22(21-9-5-3-6-10-21)25-23(29)18-26-13-15-27(16-14-26)19-24(30)28-11-7-4-8-12-28/h3,5-6,9-10,20,22H,4,7-8,11-19H2,1-2H3,(H,25,29). The summed E-state index contributed by atoms with van der Waals surface area (Å²) in [7, 11) is 0. The first-order chi connectivity index (χ1) is 14.5. The van der Waals surface area contributed by atoms with Crippen molar-refractivity contribution >= 4 is 11.8 Å². The monoisotopic (exact) mass is 414 g/mol. The number of carbonyl (C=O) groups is 2. The van der Waals surface area contributed by atoms with Crippen molar-refractivity contribution in [1.82, 2.24) is 20.0 Å². The van der Waals surface area contributed by atoms with Crippen LogP contribution in [0, 0.1) is 5.92 Å². The van der Waals surface area contributed by atoms with Crippen molar-refractivity contribution in [1.29, 1.82) is 0 Å². The highest BCUT2D eigenvalue weighted by Crippen LogP contribution is 2.21. The second kappa shape index (κ2) is 11.5. The van der Waals surface area contributed by atoms with Crippen molar-refractivity contribution < 1.29 is 9.59 Å². The Morgan fingerprint density at radius 2 is 1.47 bits per heavy atom. The lowest BCUT2D eigenvalue weighted by Gasteiger charge is -2.36. The molecule has 1 aromatic rings. The second-order valence-corrected chi connectivity index (χ2v) is 9.15. The molecule has 2 fully saturated rings. The number of hydrogen-bond donors (Lipinski definition) is 1. The lowest BCUT2D eigenvalue weighted by Crippen LogP contribution is -2.52. The molecule has 166 valence electrons. The van der Waals surface area contributed by atoms with E-state index in [0.717, 1.165) is 58.5 Å².